The van der Waals surface area contributed by atoms with E-state index >= 15 is 0 Å². The maximum absolute atomic E-state index is 11.4. The lowest BCUT2D eigenvalue weighted by Gasteiger charge is -2.11. The first-order chi connectivity index (χ1) is 8.69. The first-order valence-electron chi connectivity index (χ1n) is 5.95. The number of halogens is 1. The summed E-state index contributed by atoms with van der Waals surface area (Å²) in [5.41, 5.74) is 6.46. The summed E-state index contributed by atoms with van der Waals surface area (Å²) in [7, 11) is 0. The fourth-order valence-corrected chi connectivity index (χ4v) is 1.90. The SMILES string of the molecule is CCCCOC(=O)COc1c(Br)cccc1CN. The van der Waals surface area contributed by atoms with Crippen molar-refractivity contribution in [3.8, 4) is 5.75 Å². The van der Waals surface area contributed by atoms with Crippen molar-refractivity contribution >= 4 is 21.9 Å². The average molecular weight is 316 g/mol. The monoisotopic (exact) mass is 315 g/mol. The zero-order chi connectivity index (χ0) is 13.4. The van der Waals surface area contributed by atoms with Crippen molar-refractivity contribution in [1.82, 2.24) is 0 Å². The van der Waals surface area contributed by atoms with Crippen molar-refractivity contribution in [3.05, 3.63) is 28.2 Å². The molecule has 4 nitrogen and oxygen atoms in total. The van der Waals surface area contributed by atoms with Gasteiger partial charge in [-0.25, -0.2) is 4.79 Å². The van der Waals surface area contributed by atoms with E-state index in [0.29, 0.717) is 18.9 Å². The van der Waals surface area contributed by atoms with Crippen LogP contribution in [0.4, 0.5) is 0 Å². The van der Waals surface area contributed by atoms with E-state index in [1.807, 2.05) is 25.1 Å². The van der Waals surface area contributed by atoms with Crippen LogP contribution < -0.4 is 10.5 Å². The first kappa shape index (κ1) is 15.0. The highest BCUT2D eigenvalue weighted by atomic mass is 79.9. The average Bonchev–Trinajstić information content (AvgIpc) is 2.37. The highest BCUT2D eigenvalue weighted by molar-refractivity contribution is 9.10. The third-order valence-electron chi connectivity index (χ3n) is 2.36. The standard InChI is InChI=1S/C13H18BrNO3/c1-2-3-7-17-12(16)9-18-13-10(8-15)5-4-6-11(13)14/h4-6H,2-3,7-9,15H2,1H3. The van der Waals surface area contributed by atoms with Crippen LogP contribution in [0.25, 0.3) is 0 Å². The minimum absolute atomic E-state index is 0.0979. The molecule has 0 atom stereocenters. The smallest absolute Gasteiger partial charge is 0.344 e. The number of carbonyl (C=O) groups excluding carboxylic acids is 1. The van der Waals surface area contributed by atoms with Crippen molar-refractivity contribution in [2.45, 2.75) is 26.3 Å². The van der Waals surface area contributed by atoms with Crippen LogP contribution in [0.3, 0.4) is 0 Å². The van der Waals surface area contributed by atoms with Crippen LogP contribution in [0.1, 0.15) is 25.3 Å². The van der Waals surface area contributed by atoms with Crippen molar-refractivity contribution in [1.29, 1.82) is 0 Å². The van der Waals surface area contributed by atoms with E-state index in [4.69, 9.17) is 15.2 Å². The number of hydrogen-bond donors (Lipinski definition) is 1. The van der Waals surface area contributed by atoms with Gasteiger partial charge in [-0.1, -0.05) is 25.5 Å². The lowest BCUT2D eigenvalue weighted by molar-refractivity contribution is -0.146. The van der Waals surface area contributed by atoms with Crippen LogP contribution in [0.5, 0.6) is 5.75 Å². The Morgan fingerprint density at radius 3 is 2.89 bits per heavy atom. The van der Waals surface area contributed by atoms with Gasteiger partial charge in [-0.3, -0.25) is 0 Å². The molecule has 0 spiro atoms. The molecule has 5 heteroatoms. The topological polar surface area (TPSA) is 61.5 Å². The molecular weight excluding hydrogens is 298 g/mol. The largest absolute Gasteiger partial charge is 0.480 e. The summed E-state index contributed by atoms with van der Waals surface area (Å²) in [5, 5.41) is 0. The molecule has 2 N–H and O–H groups in total. The van der Waals surface area contributed by atoms with Gasteiger partial charge in [-0.15, -0.1) is 0 Å². The molecule has 0 heterocycles. The van der Waals surface area contributed by atoms with E-state index in [-0.39, 0.29) is 12.6 Å². The Labute approximate surface area is 116 Å². The van der Waals surface area contributed by atoms with Crippen LogP contribution in [0.2, 0.25) is 0 Å². The summed E-state index contributed by atoms with van der Waals surface area (Å²) in [5.74, 6) is 0.245. The second kappa shape index (κ2) is 8.11. The van der Waals surface area contributed by atoms with Gasteiger partial charge in [0, 0.05) is 12.1 Å². The van der Waals surface area contributed by atoms with E-state index < -0.39 is 0 Å². The predicted octanol–water partition coefficient (Wildman–Crippen LogP) is 2.63. The number of para-hydroxylation sites is 1. The van der Waals surface area contributed by atoms with Gasteiger partial charge in [0.15, 0.2) is 6.61 Å². The van der Waals surface area contributed by atoms with Crippen LogP contribution in [0.15, 0.2) is 22.7 Å². The lowest BCUT2D eigenvalue weighted by Crippen LogP contribution is -2.16. The lowest BCUT2D eigenvalue weighted by atomic mass is 10.2. The molecule has 0 aliphatic heterocycles. The molecule has 18 heavy (non-hydrogen) atoms. The molecule has 0 aliphatic carbocycles. The van der Waals surface area contributed by atoms with Gasteiger partial charge in [0.2, 0.25) is 0 Å². The quantitative estimate of drug-likeness (QED) is 0.620. The molecule has 1 rings (SSSR count). The Kier molecular flexibility index (Phi) is 6.75. The van der Waals surface area contributed by atoms with E-state index in [0.717, 1.165) is 22.9 Å². The summed E-state index contributed by atoms with van der Waals surface area (Å²) in [4.78, 5) is 11.4. The van der Waals surface area contributed by atoms with Gasteiger partial charge >= 0.3 is 5.97 Å². The number of benzene rings is 1. The normalized spacial score (nSPS) is 10.2. The maximum Gasteiger partial charge on any atom is 0.344 e. The number of hydrogen-bond acceptors (Lipinski definition) is 4. The molecule has 0 aromatic heterocycles. The third kappa shape index (κ3) is 4.66. The molecule has 100 valence electrons. The van der Waals surface area contributed by atoms with Crippen LogP contribution in [0, 0.1) is 0 Å². The second-order valence-electron chi connectivity index (χ2n) is 3.79. The van der Waals surface area contributed by atoms with Gasteiger partial charge in [0.25, 0.3) is 0 Å². The molecule has 0 aliphatic rings. The summed E-state index contributed by atoms with van der Waals surface area (Å²) in [6.07, 6.45) is 1.87. The summed E-state index contributed by atoms with van der Waals surface area (Å²) < 4.78 is 11.2. The minimum Gasteiger partial charge on any atom is -0.480 e. The molecule has 1 aromatic rings. The molecule has 0 radical (unpaired) electrons. The molecule has 0 saturated heterocycles. The number of esters is 1. The molecule has 0 fully saturated rings. The number of rotatable bonds is 7. The van der Waals surface area contributed by atoms with Gasteiger partial charge < -0.3 is 15.2 Å². The minimum atomic E-state index is -0.359. The molecule has 0 unspecified atom stereocenters. The Bertz CT molecular complexity index is 396. The predicted molar refractivity (Wildman–Crippen MR) is 73.4 cm³/mol. The van der Waals surface area contributed by atoms with Crippen LogP contribution in [-0.2, 0) is 16.1 Å². The van der Waals surface area contributed by atoms with E-state index in [9.17, 15) is 4.79 Å². The number of nitrogens with two attached hydrogens (primary N) is 1. The maximum atomic E-state index is 11.4. The number of carbonyl (C=O) groups is 1. The molecular formula is C13H18BrNO3. The summed E-state index contributed by atoms with van der Waals surface area (Å²) >= 11 is 3.37. The van der Waals surface area contributed by atoms with E-state index in [1.54, 1.807) is 0 Å². The Morgan fingerprint density at radius 2 is 2.22 bits per heavy atom. The first-order valence-corrected chi connectivity index (χ1v) is 6.74. The van der Waals surface area contributed by atoms with E-state index in [2.05, 4.69) is 15.9 Å². The van der Waals surface area contributed by atoms with Crippen molar-refractivity contribution < 1.29 is 14.3 Å². The van der Waals surface area contributed by atoms with Gasteiger partial charge in [0.1, 0.15) is 5.75 Å². The molecule has 0 amide bonds. The Hall–Kier alpha value is -1.07. The highest BCUT2D eigenvalue weighted by Crippen LogP contribution is 2.28. The second-order valence-corrected chi connectivity index (χ2v) is 4.65. The van der Waals surface area contributed by atoms with Gasteiger partial charge in [0.05, 0.1) is 11.1 Å². The number of unbranched alkanes of at least 4 members (excludes halogenated alkanes) is 1. The third-order valence-corrected chi connectivity index (χ3v) is 2.99. The van der Waals surface area contributed by atoms with Crippen LogP contribution >= 0.6 is 15.9 Å². The fourth-order valence-electron chi connectivity index (χ4n) is 1.38. The van der Waals surface area contributed by atoms with Crippen molar-refractivity contribution in [3.63, 3.8) is 0 Å². The fraction of sp³-hybridized carbons (Fsp3) is 0.462. The summed E-state index contributed by atoms with van der Waals surface area (Å²) in [6, 6.07) is 5.58. The van der Waals surface area contributed by atoms with Gasteiger partial charge in [-0.2, -0.15) is 0 Å². The van der Waals surface area contributed by atoms with E-state index in [1.165, 1.54) is 0 Å². The highest BCUT2D eigenvalue weighted by Gasteiger charge is 2.10. The molecule has 0 saturated carbocycles. The zero-order valence-electron chi connectivity index (χ0n) is 10.4. The molecule has 0 bridgehead atoms. The van der Waals surface area contributed by atoms with Crippen molar-refractivity contribution in [2.75, 3.05) is 13.2 Å². The molecule has 1 aromatic carbocycles. The Balaban J connectivity index is 2.50. The summed E-state index contributed by atoms with van der Waals surface area (Å²) in [6.45, 7) is 2.75. The Morgan fingerprint density at radius 1 is 1.44 bits per heavy atom. The zero-order valence-corrected chi connectivity index (χ0v) is 12.0. The van der Waals surface area contributed by atoms with Crippen LogP contribution in [-0.4, -0.2) is 19.2 Å². The number of ether oxygens (including phenoxy) is 2. The van der Waals surface area contributed by atoms with Crippen molar-refractivity contribution in [2.24, 2.45) is 5.73 Å². The van der Waals surface area contributed by atoms with Gasteiger partial charge in [-0.05, 0) is 28.4 Å².